The Bertz CT molecular complexity index is 2170. The highest BCUT2D eigenvalue weighted by atomic mass is 19.1. The molecule has 2 aromatic heterocycles. The lowest BCUT2D eigenvalue weighted by Gasteiger charge is -2.19. The van der Waals surface area contributed by atoms with Crippen LogP contribution >= 0.6 is 0 Å². The number of fused-ring (bicyclic) bond motifs is 2. The summed E-state index contributed by atoms with van der Waals surface area (Å²) in [5.74, 6) is 2.46. The molecule has 0 unspecified atom stereocenters. The summed E-state index contributed by atoms with van der Waals surface area (Å²) in [5, 5.41) is 3.22. The summed E-state index contributed by atoms with van der Waals surface area (Å²) in [6.45, 7) is 11.5. The van der Waals surface area contributed by atoms with Crippen LogP contribution in [0.25, 0.3) is 22.1 Å². The van der Waals surface area contributed by atoms with Gasteiger partial charge < -0.3 is 33.8 Å². The van der Waals surface area contributed by atoms with Gasteiger partial charge in [0.25, 0.3) is 0 Å². The van der Waals surface area contributed by atoms with E-state index in [0.717, 1.165) is 28.7 Å². The van der Waals surface area contributed by atoms with Crippen LogP contribution in [-0.4, -0.2) is 63.8 Å². The number of halogens is 2. The number of carbonyl (C=O) groups is 2. The number of hydrogen-bond acceptors (Lipinski definition) is 9. The van der Waals surface area contributed by atoms with E-state index in [9.17, 15) is 18.4 Å². The fourth-order valence-electron chi connectivity index (χ4n) is 5.85. The van der Waals surface area contributed by atoms with Crippen molar-refractivity contribution < 1.29 is 37.3 Å². The van der Waals surface area contributed by atoms with Crippen molar-refractivity contribution in [2.24, 2.45) is 11.7 Å². The van der Waals surface area contributed by atoms with Crippen molar-refractivity contribution in [1.29, 1.82) is 0 Å². The Morgan fingerprint density at radius 1 is 0.745 bits per heavy atom. The zero-order valence-corrected chi connectivity index (χ0v) is 31.3. The molecule has 4 aromatic carbocycles. The van der Waals surface area contributed by atoms with Crippen LogP contribution in [0.15, 0.2) is 84.9 Å². The predicted molar refractivity (Wildman–Crippen MR) is 205 cm³/mol. The summed E-state index contributed by atoms with van der Waals surface area (Å²) >= 11 is 0. The van der Waals surface area contributed by atoms with Crippen LogP contribution in [0.3, 0.4) is 0 Å². The van der Waals surface area contributed by atoms with Crippen molar-refractivity contribution >= 4 is 34.3 Å². The molecule has 6 aromatic rings. The molecule has 290 valence electrons. The van der Waals surface area contributed by atoms with E-state index < -0.39 is 6.04 Å². The third kappa shape index (κ3) is 10.9. The van der Waals surface area contributed by atoms with Gasteiger partial charge in [-0.2, -0.15) is 0 Å². The molecular formula is C41H46F2N6O6. The van der Waals surface area contributed by atoms with Gasteiger partial charge in [-0.15, -0.1) is 0 Å². The van der Waals surface area contributed by atoms with Gasteiger partial charge in [0, 0.05) is 38.4 Å². The van der Waals surface area contributed by atoms with Crippen molar-refractivity contribution in [3.63, 3.8) is 0 Å². The molecule has 0 fully saturated rings. The molecule has 1 amide bonds. The Kier molecular flexibility index (Phi) is 14.4. The van der Waals surface area contributed by atoms with Gasteiger partial charge >= 0.3 is 0 Å². The number of aldehydes is 1. The minimum absolute atomic E-state index is 0.0643. The Hall–Kier alpha value is -5.70. The lowest BCUT2D eigenvalue weighted by molar-refractivity contribution is -0.121. The fraction of sp³-hybridized carbons (Fsp3) is 0.317. The van der Waals surface area contributed by atoms with E-state index in [1.807, 2.05) is 56.5 Å². The van der Waals surface area contributed by atoms with E-state index in [2.05, 4.69) is 10.3 Å². The van der Waals surface area contributed by atoms with E-state index in [-0.39, 0.29) is 23.5 Å². The highest BCUT2D eigenvalue weighted by Crippen LogP contribution is 2.28. The summed E-state index contributed by atoms with van der Waals surface area (Å²) in [6.07, 6.45) is 0.729. The zero-order valence-electron chi connectivity index (χ0n) is 31.3. The van der Waals surface area contributed by atoms with Crippen LogP contribution in [0.4, 0.5) is 8.78 Å². The second kappa shape index (κ2) is 19.6. The number of aromatic nitrogens is 4. The number of ether oxygens (including phenoxy) is 4. The van der Waals surface area contributed by atoms with Crippen LogP contribution in [0.1, 0.15) is 44.1 Å². The molecule has 14 heteroatoms. The molecule has 0 aliphatic rings. The second-order valence-corrected chi connectivity index (χ2v) is 12.7. The topological polar surface area (TPSA) is 145 Å². The molecule has 0 aliphatic heterocycles. The number of rotatable bonds is 18. The lowest BCUT2D eigenvalue weighted by atomic mass is 10.0. The van der Waals surface area contributed by atoms with Gasteiger partial charge in [-0.3, -0.25) is 14.9 Å². The molecule has 6 rings (SSSR count). The Balaban J connectivity index is 0.000000218. The number of primary amides is 1. The highest BCUT2D eigenvalue weighted by Gasteiger charge is 2.21. The van der Waals surface area contributed by atoms with Gasteiger partial charge in [-0.25, -0.2) is 18.7 Å². The van der Waals surface area contributed by atoms with Crippen molar-refractivity contribution in [3.8, 4) is 23.0 Å². The maximum absolute atomic E-state index is 13.2. The average Bonchev–Trinajstić information content (AvgIpc) is 3.70. The molecule has 55 heavy (non-hydrogen) atoms. The van der Waals surface area contributed by atoms with Crippen molar-refractivity contribution in [2.75, 3.05) is 26.4 Å². The maximum Gasteiger partial charge on any atom is 0.234 e. The number of hydrogen-bond donors (Lipinski definition) is 2. The van der Waals surface area contributed by atoms with Gasteiger partial charge in [0.15, 0.2) is 12.1 Å². The molecule has 0 saturated heterocycles. The second-order valence-electron chi connectivity index (χ2n) is 12.7. The molecule has 0 bridgehead atoms. The number of carbonyl (C=O) groups excluding carboxylic acids is 2. The monoisotopic (exact) mass is 756 g/mol. The van der Waals surface area contributed by atoms with Gasteiger partial charge in [-0.05, 0) is 92.6 Å². The SMILES string of the molecule is CCOCCn1c(C=O)nc2ccc(Oc3ccc(F)cc3)cc21.CCOCCn1c(CN[C@H](C(N)=O)C(C)C)nc2ccc(Oc3ccc(F)cc3)cc21. The third-order valence-electron chi connectivity index (χ3n) is 8.53. The fourth-order valence-corrected chi connectivity index (χ4v) is 5.85. The molecule has 0 spiro atoms. The van der Waals surface area contributed by atoms with E-state index in [0.29, 0.717) is 80.4 Å². The average molecular weight is 757 g/mol. The van der Waals surface area contributed by atoms with Gasteiger partial charge in [-0.1, -0.05) is 13.8 Å². The predicted octanol–water partition coefficient (Wildman–Crippen LogP) is 7.42. The smallest absolute Gasteiger partial charge is 0.234 e. The summed E-state index contributed by atoms with van der Waals surface area (Å²) in [4.78, 5) is 32.0. The molecule has 0 radical (unpaired) electrons. The maximum atomic E-state index is 13.2. The van der Waals surface area contributed by atoms with E-state index in [1.165, 1.54) is 24.3 Å². The van der Waals surface area contributed by atoms with Crippen LogP contribution in [0.5, 0.6) is 23.0 Å². The number of nitrogens with one attached hydrogen (secondary N) is 1. The molecule has 0 saturated carbocycles. The minimum atomic E-state index is -0.447. The molecule has 1 atom stereocenters. The largest absolute Gasteiger partial charge is 0.457 e. The van der Waals surface area contributed by atoms with Gasteiger partial charge in [0.2, 0.25) is 5.91 Å². The molecule has 2 heterocycles. The van der Waals surface area contributed by atoms with Crippen LogP contribution < -0.4 is 20.5 Å². The molecule has 12 nitrogen and oxygen atoms in total. The number of imidazole rings is 2. The summed E-state index contributed by atoms with van der Waals surface area (Å²) in [6, 6.07) is 22.2. The summed E-state index contributed by atoms with van der Waals surface area (Å²) in [7, 11) is 0. The van der Waals surface area contributed by atoms with E-state index in [4.69, 9.17) is 29.7 Å². The Labute approximate surface area is 318 Å². The first-order chi connectivity index (χ1) is 26.6. The number of benzene rings is 4. The highest BCUT2D eigenvalue weighted by molar-refractivity contribution is 5.84. The van der Waals surface area contributed by atoms with Crippen LogP contribution in [0, 0.1) is 17.6 Å². The van der Waals surface area contributed by atoms with E-state index in [1.54, 1.807) is 41.0 Å². The standard InChI is InChI=1S/C23H29FN4O3.C18H17FN2O3/c1-4-30-12-11-28-20-13-18(31-17-7-5-16(24)6-8-17)9-10-19(20)27-21(28)14-26-22(15(2)3)23(25)29;1-2-23-10-9-21-17-11-15(7-8-16(17)20-18(21)12-22)24-14-5-3-13(19)4-6-14/h5-10,13,15,22,26H,4,11-12,14H2,1-3H3,(H2,25,29);3-8,11-12H,2,9-10H2,1H3/t22-;/m0./s1. The number of nitrogens with zero attached hydrogens (tertiary/aromatic N) is 4. The number of nitrogens with two attached hydrogens (primary N) is 1. The van der Waals surface area contributed by atoms with Gasteiger partial charge in [0.05, 0.1) is 47.9 Å². The zero-order chi connectivity index (χ0) is 39.3. The quantitative estimate of drug-likeness (QED) is 0.0676. The van der Waals surface area contributed by atoms with Crippen molar-refractivity contribution in [1.82, 2.24) is 24.4 Å². The third-order valence-corrected chi connectivity index (χ3v) is 8.53. The first-order valence-corrected chi connectivity index (χ1v) is 18.1. The first kappa shape index (κ1) is 40.5. The summed E-state index contributed by atoms with van der Waals surface area (Å²) in [5.41, 5.74) is 8.71. The number of amides is 1. The van der Waals surface area contributed by atoms with Crippen LogP contribution in [-0.2, 0) is 33.9 Å². The lowest BCUT2D eigenvalue weighted by Crippen LogP contribution is -2.44. The molecule has 3 N–H and O–H groups in total. The Morgan fingerprint density at radius 3 is 1.69 bits per heavy atom. The molecule has 0 aliphatic carbocycles. The first-order valence-electron chi connectivity index (χ1n) is 18.1. The molecular weight excluding hydrogens is 710 g/mol. The normalized spacial score (nSPS) is 11.8. The van der Waals surface area contributed by atoms with Gasteiger partial charge in [0.1, 0.15) is 40.5 Å². The minimum Gasteiger partial charge on any atom is -0.457 e. The van der Waals surface area contributed by atoms with E-state index >= 15 is 0 Å². The van der Waals surface area contributed by atoms with Crippen molar-refractivity contribution in [2.45, 2.75) is 53.4 Å². The van der Waals surface area contributed by atoms with Crippen LogP contribution in [0.2, 0.25) is 0 Å². The summed E-state index contributed by atoms with van der Waals surface area (Å²) < 4.78 is 52.5. The Morgan fingerprint density at radius 2 is 1.22 bits per heavy atom. The van der Waals surface area contributed by atoms with Crippen molar-refractivity contribution in [3.05, 3.63) is 108 Å².